The predicted molar refractivity (Wildman–Crippen MR) is 98.1 cm³/mol. The molecule has 0 fully saturated rings. The molecule has 142 valence electrons. The van der Waals surface area contributed by atoms with Crippen LogP contribution in [-0.4, -0.2) is 35.2 Å². The van der Waals surface area contributed by atoms with Crippen LogP contribution in [0.5, 0.6) is 0 Å². The molecule has 27 heavy (non-hydrogen) atoms. The van der Waals surface area contributed by atoms with Crippen molar-refractivity contribution < 1.29 is 18.9 Å². The summed E-state index contributed by atoms with van der Waals surface area (Å²) in [6.07, 6.45) is 0. The molecule has 2 aromatic rings. The molecular weight excluding hydrogens is 377 g/mol. The number of aryl methyl sites for hydroxylation is 1. The fourth-order valence-corrected chi connectivity index (χ4v) is 2.57. The normalized spacial score (nSPS) is 10.4. The van der Waals surface area contributed by atoms with Crippen molar-refractivity contribution in [3.8, 4) is 0 Å². The van der Waals surface area contributed by atoms with Crippen LogP contribution in [0.25, 0.3) is 0 Å². The van der Waals surface area contributed by atoms with Gasteiger partial charge in [0, 0.05) is 41.4 Å². The SMILES string of the molecule is Cc1ccc(C(=O)NCC(=O)N(C)Cc2c(F)cccc2Cl)cc1[N+](=O)[O-]. The Morgan fingerprint density at radius 2 is 2.00 bits per heavy atom. The van der Waals surface area contributed by atoms with Gasteiger partial charge in [-0.25, -0.2) is 4.39 Å². The molecule has 0 aliphatic rings. The fourth-order valence-electron chi connectivity index (χ4n) is 2.35. The van der Waals surface area contributed by atoms with Crippen molar-refractivity contribution in [2.24, 2.45) is 0 Å². The third-order valence-electron chi connectivity index (χ3n) is 3.95. The summed E-state index contributed by atoms with van der Waals surface area (Å²) in [5, 5.41) is 13.6. The number of rotatable bonds is 6. The maximum atomic E-state index is 13.8. The lowest BCUT2D eigenvalue weighted by molar-refractivity contribution is -0.385. The van der Waals surface area contributed by atoms with Gasteiger partial charge in [0.1, 0.15) is 5.82 Å². The van der Waals surface area contributed by atoms with Gasteiger partial charge < -0.3 is 10.2 Å². The van der Waals surface area contributed by atoms with Crippen LogP contribution in [-0.2, 0) is 11.3 Å². The molecule has 0 aliphatic carbocycles. The zero-order chi connectivity index (χ0) is 20.1. The Hall–Kier alpha value is -3.00. The number of nitro groups is 1. The van der Waals surface area contributed by atoms with Gasteiger partial charge in [-0.2, -0.15) is 0 Å². The molecule has 2 rings (SSSR count). The Morgan fingerprint density at radius 3 is 2.63 bits per heavy atom. The lowest BCUT2D eigenvalue weighted by Crippen LogP contribution is -2.38. The van der Waals surface area contributed by atoms with Gasteiger partial charge in [0.2, 0.25) is 5.91 Å². The van der Waals surface area contributed by atoms with E-state index in [9.17, 15) is 24.1 Å². The van der Waals surface area contributed by atoms with E-state index in [0.29, 0.717) is 5.56 Å². The minimum absolute atomic E-state index is 0.0593. The quantitative estimate of drug-likeness (QED) is 0.603. The van der Waals surface area contributed by atoms with E-state index in [1.165, 1.54) is 42.3 Å². The molecule has 0 aliphatic heterocycles. The number of hydrogen-bond donors (Lipinski definition) is 1. The molecule has 0 spiro atoms. The lowest BCUT2D eigenvalue weighted by Gasteiger charge is -2.18. The number of carbonyl (C=O) groups excluding carboxylic acids is 2. The molecule has 2 amide bonds. The summed E-state index contributed by atoms with van der Waals surface area (Å²) >= 11 is 5.94. The standard InChI is InChI=1S/C18H17ClFN3O4/c1-11-6-7-12(8-16(11)23(26)27)18(25)21-9-17(24)22(2)10-13-14(19)4-3-5-15(13)20/h3-8H,9-10H2,1-2H3,(H,21,25). The van der Waals surface area contributed by atoms with Crippen LogP contribution in [0.1, 0.15) is 21.5 Å². The van der Waals surface area contributed by atoms with Gasteiger partial charge in [0.15, 0.2) is 0 Å². The van der Waals surface area contributed by atoms with Crippen LogP contribution in [0.2, 0.25) is 5.02 Å². The molecular formula is C18H17ClFN3O4. The second-order valence-corrected chi connectivity index (χ2v) is 6.30. The minimum atomic E-state index is -0.622. The Bertz CT molecular complexity index is 884. The third kappa shape index (κ3) is 5.01. The van der Waals surface area contributed by atoms with E-state index in [4.69, 9.17) is 11.6 Å². The number of nitrogens with zero attached hydrogens (tertiary/aromatic N) is 2. The topological polar surface area (TPSA) is 92.6 Å². The number of nitro benzene ring substituents is 1. The van der Waals surface area contributed by atoms with Gasteiger partial charge in [0.25, 0.3) is 11.6 Å². The summed E-state index contributed by atoms with van der Waals surface area (Å²) in [7, 11) is 1.45. The van der Waals surface area contributed by atoms with Crippen LogP contribution in [0.4, 0.5) is 10.1 Å². The highest BCUT2D eigenvalue weighted by Gasteiger charge is 2.18. The van der Waals surface area contributed by atoms with Gasteiger partial charge in [-0.3, -0.25) is 19.7 Å². The monoisotopic (exact) mass is 393 g/mol. The minimum Gasteiger partial charge on any atom is -0.343 e. The number of nitrogens with one attached hydrogen (secondary N) is 1. The predicted octanol–water partition coefficient (Wildman–Crippen LogP) is 3.08. The lowest BCUT2D eigenvalue weighted by atomic mass is 10.1. The maximum Gasteiger partial charge on any atom is 0.273 e. The first-order chi connectivity index (χ1) is 12.7. The van der Waals surface area contributed by atoms with E-state index in [-0.39, 0.29) is 34.9 Å². The largest absolute Gasteiger partial charge is 0.343 e. The molecule has 0 aromatic heterocycles. The van der Waals surface area contributed by atoms with Gasteiger partial charge in [-0.1, -0.05) is 23.7 Å². The van der Waals surface area contributed by atoms with Crippen molar-refractivity contribution in [3.63, 3.8) is 0 Å². The number of amides is 2. The Balaban J connectivity index is 1.99. The summed E-state index contributed by atoms with van der Waals surface area (Å²) in [5.41, 5.74) is 0.491. The van der Waals surface area contributed by atoms with Crippen LogP contribution in [0.3, 0.4) is 0 Å². The van der Waals surface area contributed by atoms with Crippen molar-refractivity contribution in [2.75, 3.05) is 13.6 Å². The Labute approximate surface area is 159 Å². The highest BCUT2D eigenvalue weighted by Crippen LogP contribution is 2.21. The molecule has 0 saturated heterocycles. The number of carbonyl (C=O) groups is 2. The maximum absolute atomic E-state index is 13.8. The average Bonchev–Trinajstić information content (AvgIpc) is 2.62. The van der Waals surface area contributed by atoms with Gasteiger partial charge in [-0.05, 0) is 25.1 Å². The van der Waals surface area contributed by atoms with E-state index in [1.54, 1.807) is 6.92 Å². The van der Waals surface area contributed by atoms with Gasteiger partial charge in [-0.15, -0.1) is 0 Å². The second kappa shape index (κ2) is 8.59. The second-order valence-electron chi connectivity index (χ2n) is 5.89. The van der Waals surface area contributed by atoms with Crippen LogP contribution < -0.4 is 5.32 Å². The van der Waals surface area contributed by atoms with E-state index in [0.717, 1.165) is 6.07 Å². The number of hydrogen-bond acceptors (Lipinski definition) is 4. The number of benzene rings is 2. The molecule has 0 unspecified atom stereocenters. The number of likely N-dealkylation sites (N-methyl/N-ethyl adjacent to an activating group) is 1. The molecule has 0 heterocycles. The summed E-state index contributed by atoms with van der Waals surface area (Å²) < 4.78 is 13.8. The first-order valence-electron chi connectivity index (χ1n) is 7.90. The van der Waals surface area contributed by atoms with Crippen molar-refractivity contribution in [3.05, 3.63) is 74.0 Å². The zero-order valence-corrected chi connectivity index (χ0v) is 15.4. The fraction of sp³-hybridized carbons (Fsp3) is 0.222. The molecule has 0 atom stereocenters. The van der Waals surface area contributed by atoms with Crippen molar-refractivity contribution in [1.29, 1.82) is 0 Å². The Kier molecular flexibility index (Phi) is 6.46. The van der Waals surface area contributed by atoms with Crippen molar-refractivity contribution in [2.45, 2.75) is 13.5 Å². The summed E-state index contributed by atoms with van der Waals surface area (Å²) in [4.78, 5) is 35.9. The Morgan fingerprint density at radius 1 is 1.30 bits per heavy atom. The van der Waals surface area contributed by atoms with E-state index in [2.05, 4.69) is 5.32 Å². The van der Waals surface area contributed by atoms with Crippen LogP contribution in [0.15, 0.2) is 36.4 Å². The molecule has 9 heteroatoms. The molecule has 7 nitrogen and oxygen atoms in total. The van der Waals surface area contributed by atoms with Crippen LogP contribution in [0, 0.1) is 22.9 Å². The van der Waals surface area contributed by atoms with Crippen molar-refractivity contribution >= 4 is 29.1 Å². The van der Waals surface area contributed by atoms with E-state index < -0.39 is 22.6 Å². The summed E-state index contributed by atoms with van der Waals surface area (Å²) in [6, 6.07) is 8.27. The first-order valence-corrected chi connectivity index (χ1v) is 8.28. The van der Waals surface area contributed by atoms with Crippen LogP contribution >= 0.6 is 11.6 Å². The summed E-state index contributed by atoms with van der Waals surface area (Å²) in [6.45, 7) is 1.16. The average molecular weight is 394 g/mol. The molecule has 0 bridgehead atoms. The molecule has 0 radical (unpaired) electrons. The molecule has 1 N–H and O–H groups in total. The summed E-state index contributed by atoms with van der Waals surface area (Å²) in [5.74, 6) is -1.62. The van der Waals surface area contributed by atoms with Gasteiger partial charge >= 0.3 is 0 Å². The zero-order valence-electron chi connectivity index (χ0n) is 14.7. The molecule has 2 aromatic carbocycles. The van der Waals surface area contributed by atoms with E-state index in [1.807, 2.05) is 0 Å². The third-order valence-corrected chi connectivity index (χ3v) is 4.31. The highest BCUT2D eigenvalue weighted by molar-refractivity contribution is 6.31. The van der Waals surface area contributed by atoms with E-state index >= 15 is 0 Å². The molecule has 0 saturated carbocycles. The highest BCUT2D eigenvalue weighted by atomic mass is 35.5. The number of halogens is 2. The smallest absolute Gasteiger partial charge is 0.273 e. The van der Waals surface area contributed by atoms with Crippen molar-refractivity contribution in [1.82, 2.24) is 10.2 Å². The first kappa shape index (κ1) is 20.3. The van der Waals surface area contributed by atoms with Gasteiger partial charge in [0.05, 0.1) is 11.5 Å².